The van der Waals surface area contributed by atoms with Crippen molar-refractivity contribution in [2.24, 2.45) is 5.73 Å². The zero-order valence-electron chi connectivity index (χ0n) is 10.8. The highest BCUT2D eigenvalue weighted by molar-refractivity contribution is 6.17. The van der Waals surface area contributed by atoms with Gasteiger partial charge in [-0.15, -0.1) is 0 Å². The Bertz CT molecular complexity index is 657. The van der Waals surface area contributed by atoms with Gasteiger partial charge in [-0.25, -0.2) is 4.39 Å². The van der Waals surface area contributed by atoms with Gasteiger partial charge >= 0.3 is 0 Å². The first-order valence-electron chi connectivity index (χ1n) is 5.99. The number of halogens is 1. The molecule has 0 spiro atoms. The molecule has 1 aliphatic heterocycles. The molecule has 4 N–H and O–H groups in total. The van der Waals surface area contributed by atoms with Crippen LogP contribution < -0.4 is 11.1 Å². The minimum atomic E-state index is -1.000. The molecule has 1 aliphatic rings. The molecule has 110 valence electrons. The maximum Gasteiger partial charge on any atom is 0.277 e. The van der Waals surface area contributed by atoms with Crippen LogP contribution in [-0.4, -0.2) is 40.9 Å². The van der Waals surface area contributed by atoms with Crippen molar-refractivity contribution in [1.82, 2.24) is 4.90 Å². The van der Waals surface area contributed by atoms with Crippen LogP contribution in [0.15, 0.2) is 30.0 Å². The van der Waals surface area contributed by atoms with Gasteiger partial charge in [0.1, 0.15) is 11.5 Å². The first kappa shape index (κ1) is 14.7. The number of anilines is 1. The smallest absolute Gasteiger partial charge is 0.277 e. The van der Waals surface area contributed by atoms with Crippen LogP contribution in [0.25, 0.3) is 0 Å². The highest BCUT2D eigenvalue weighted by Gasteiger charge is 2.31. The number of primary amides is 1. The van der Waals surface area contributed by atoms with Crippen LogP contribution in [0, 0.1) is 5.82 Å². The number of carbonyl (C=O) groups is 3. The number of amides is 3. The molecule has 0 atom stereocenters. The minimum Gasteiger partial charge on any atom is -0.395 e. The third-order valence-corrected chi connectivity index (χ3v) is 2.86. The molecular formula is C13H12FN3O4. The van der Waals surface area contributed by atoms with E-state index in [1.165, 1.54) is 12.1 Å². The molecule has 0 aliphatic carbocycles. The molecule has 8 heteroatoms. The van der Waals surface area contributed by atoms with E-state index in [4.69, 9.17) is 10.8 Å². The van der Waals surface area contributed by atoms with Gasteiger partial charge in [0, 0.05) is 6.08 Å². The maximum atomic E-state index is 13.6. The number of rotatable bonds is 5. The summed E-state index contributed by atoms with van der Waals surface area (Å²) in [6.07, 6.45) is 1.01. The molecule has 0 saturated heterocycles. The number of nitrogens with two attached hydrogens (primary N) is 1. The van der Waals surface area contributed by atoms with Crippen molar-refractivity contribution >= 4 is 23.4 Å². The topological polar surface area (TPSA) is 113 Å². The fourth-order valence-electron chi connectivity index (χ4n) is 1.93. The number of benzene rings is 1. The van der Waals surface area contributed by atoms with Crippen LogP contribution >= 0.6 is 0 Å². The van der Waals surface area contributed by atoms with Crippen molar-refractivity contribution in [3.8, 4) is 0 Å². The summed E-state index contributed by atoms with van der Waals surface area (Å²) in [7, 11) is 0. The SMILES string of the molecule is NC(=O)c1c(F)cccc1NC1=CC(=O)N(CCO)C1=O. The number of nitrogens with zero attached hydrogens (tertiary/aromatic N) is 1. The molecule has 0 saturated carbocycles. The molecule has 0 radical (unpaired) electrons. The molecule has 0 bridgehead atoms. The van der Waals surface area contributed by atoms with Gasteiger partial charge in [-0.1, -0.05) is 6.07 Å². The fraction of sp³-hybridized carbons (Fsp3) is 0.154. The number of aliphatic hydroxyl groups is 1. The zero-order chi connectivity index (χ0) is 15.6. The average Bonchev–Trinajstić information content (AvgIpc) is 2.66. The Labute approximate surface area is 118 Å². The maximum absolute atomic E-state index is 13.6. The minimum absolute atomic E-state index is 0.0132. The summed E-state index contributed by atoms with van der Waals surface area (Å²) in [5.74, 6) is -3.11. The van der Waals surface area contributed by atoms with Gasteiger partial charge < -0.3 is 16.2 Å². The number of imide groups is 1. The van der Waals surface area contributed by atoms with Gasteiger partial charge in [-0.2, -0.15) is 0 Å². The van der Waals surface area contributed by atoms with Gasteiger partial charge in [0.25, 0.3) is 17.7 Å². The molecule has 0 aromatic heterocycles. The van der Waals surface area contributed by atoms with Crippen LogP contribution in [0.5, 0.6) is 0 Å². The molecule has 0 unspecified atom stereocenters. The van der Waals surface area contributed by atoms with E-state index in [1.807, 2.05) is 0 Å². The number of nitrogens with one attached hydrogen (secondary N) is 1. The first-order chi connectivity index (χ1) is 9.95. The summed E-state index contributed by atoms with van der Waals surface area (Å²) in [5.41, 5.74) is 4.55. The van der Waals surface area contributed by atoms with Crippen molar-refractivity contribution in [3.63, 3.8) is 0 Å². The van der Waals surface area contributed by atoms with Crippen LogP contribution in [0.3, 0.4) is 0 Å². The predicted octanol–water partition coefficient (Wildman–Crippen LogP) is -0.419. The molecule has 1 heterocycles. The Morgan fingerprint density at radius 1 is 1.38 bits per heavy atom. The van der Waals surface area contributed by atoms with Crippen LogP contribution in [0.2, 0.25) is 0 Å². The van der Waals surface area contributed by atoms with Crippen molar-refractivity contribution < 1.29 is 23.9 Å². The Morgan fingerprint density at radius 3 is 2.71 bits per heavy atom. The summed E-state index contributed by atoms with van der Waals surface area (Å²) in [6, 6.07) is 3.74. The van der Waals surface area contributed by atoms with E-state index in [0.717, 1.165) is 17.0 Å². The average molecular weight is 293 g/mol. The molecule has 3 amide bonds. The van der Waals surface area contributed by atoms with Crippen LogP contribution in [0.4, 0.5) is 10.1 Å². The van der Waals surface area contributed by atoms with Gasteiger partial charge in [0.15, 0.2) is 0 Å². The molecule has 21 heavy (non-hydrogen) atoms. The molecule has 1 aromatic rings. The summed E-state index contributed by atoms with van der Waals surface area (Å²) < 4.78 is 13.6. The summed E-state index contributed by atoms with van der Waals surface area (Å²) in [4.78, 5) is 35.6. The van der Waals surface area contributed by atoms with Gasteiger partial charge in [-0.05, 0) is 12.1 Å². The molecule has 7 nitrogen and oxygen atoms in total. The Kier molecular flexibility index (Phi) is 3.99. The largest absolute Gasteiger partial charge is 0.395 e. The normalized spacial score (nSPS) is 14.4. The van der Waals surface area contributed by atoms with Gasteiger partial charge in [0.05, 0.1) is 24.4 Å². The van der Waals surface area contributed by atoms with E-state index < -0.39 is 29.1 Å². The summed E-state index contributed by atoms with van der Waals surface area (Å²) in [5, 5.41) is 11.3. The van der Waals surface area contributed by atoms with E-state index in [2.05, 4.69) is 5.32 Å². The van der Waals surface area contributed by atoms with E-state index in [0.29, 0.717) is 0 Å². The monoisotopic (exact) mass is 293 g/mol. The van der Waals surface area contributed by atoms with E-state index in [1.54, 1.807) is 0 Å². The number of β-amino-alcohol motifs (C(OH)–C–C–N with tert-alkyl or cyclic N) is 1. The summed E-state index contributed by atoms with van der Waals surface area (Å²) in [6.45, 7) is -0.518. The Hall–Kier alpha value is -2.74. The van der Waals surface area contributed by atoms with Gasteiger partial charge in [0.2, 0.25) is 0 Å². The second-order valence-electron chi connectivity index (χ2n) is 4.23. The zero-order valence-corrected chi connectivity index (χ0v) is 10.8. The lowest BCUT2D eigenvalue weighted by molar-refractivity contribution is -0.137. The third-order valence-electron chi connectivity index (χ3n) is 2.86. The second-order valence-corrected chi connectivity index (χ2v) is 4.23. The number of hydrogen-bond donors (Lipinski definition) is 3. The standard InChI is InChI=1S/C13H12FN3O4/c14-7-2-1-3-8(11(7)12(15)20)16-9-6-10(19)17(4-5-18)13(9)21/h1-3,6,16,18H,4-5H2,(H2,15,20). The number of aliphatic hydroxyl groups excluding tert-OH is 1. The number of carbonyl (C=O) groups excluding carboxylic acids is 3. The highest BCUT2D eigenvalue weighted by Crippen LogP contribution is 2.22. The summed E-state index contributed by atoms with van der Waals surface area (Å²) >= 11 is 0. The van der Waals surface area contributed by atoms with Crippen molar-refractivity contribution in [2.45, 2.75) is 0 Å². The van der Waals surface area contributed by atoms with Crippen LogP contribution in [0.1, 0.15) is 10.4 Å². The van der Waals surface area contributed by atoms with Crippen molar-refractivity contribution in [1.29, 1.82) is 0 Å². The Balaban J connectivity index is 2.30. The molecule has 1 aromatic carbocycles. The van der Waals surface area contributed by atoms with E-state index >= 15 is 0 Å². The third kappa shape index (κ3) is 2.75. The predicted molar refractivity (Wildman–Crippen MR) is 70.4 cm³/mol. The molecule has 2 rings (SSSR count). The fourth-order valence-corrected chi connectivity index (χ4v) is 1.93. The van der Waals surface area contributed by atoms with Gasteiger partial charge in [-0.3, -0.25) is 19.3 Å². The van der Waals surface area contributed by atoms with Crippen molar-refractivity contribution in [2.75, 3.05) is 18.5 Å². The number of hydrogen-bond acceptors (Lipinski definition) is 5. The quantitative estimate of drug-likeness (QED) is 0.638. The van der Waals surface area contributed by atoms with E-state index in [9.17, 15) is 18.8 Å². The van der Waals surface area contributed by atoms with Crippen molar-refractivity contribution in [3.05, 3.63) is 41.4 Å². The lowest BCUT2D eigenvalue weighted by Gasteiger charge is -2.14. The van der Waals surface area contributed by atoms with Crippen LogP contribution in [-0.2, 0) is 9.59 Å². The molecular weight excluding hydrogens is 281 g/mol. The lowest BCUT2D eigenvalue weighted by Crippen LogP contribution is -2.34. The Morgan fingerprint density at radius 2 is 2.10 bits per heavy atom. The first-order valence-corrected chi connectivity index (χ1v) is 5.99. The molecule has 0 fully saturated rings. The second kappa shape index (κ2) is 5.71. The van der Waals surface area contributed by atoms with E-state index in [-0.39, 0.29) is 24.5 Å². The highest BCUT2D eigenvalue weighted by atomic mass is 19.1. The lowest BCUT2D eigenvalue weighted by atomic mass is 10.1.